The first kappa shape index (κ1) is 20.3. The molecule has 5 rings (SSSR count). The average Bonchev–Trinajstić information content (AvgIpc) is 3.41. The van der Waals surface area contributed by atoms with Crippen LogP contribution < -0.4 is 5.56 Å². The molecule has 0 aliphatic carbocycles. The number of nitrogens with zero attached hydrogens (tertiary/aromatic N) is 3. The Morgan fingerprint density at radius 1 is 1.29 bits per heavy atom. The van der Waals surface area contributed by atoms with Gasteiger partial charge >= 0.3 is 0 Å². The normalized spacial score (nSPS) is 27.8. The van der Waals surface area contributed by atoms with Crippen LogP contribution in [0.3, 0.4) is 0 Å². The Hall–Kier alpha value is -2.64. The highest BCUT2D eigenvalue weighted by molar-refractivity contribution is 7.85. The lowest BCUT2D eigenvalue weighted by molar-refractivity contribution is -0.183. The number of H-pyrrole nitrogens is 1. The van der Waals surface area contributed by atoms with Crippen molar-refractivity contribution in [3.8, 4) is 0 Å². The summed E-state index contributed by atoms with van der Waals surface area (Å²) in [7, 11) is -3.71. The maximum Gasteiger partial charge on any atom is 0.278 e. The van der Waals surface area contributed by atoms with E-state index in [4.69, 9.17) is 18.4 Å². The van der Waals surface area contributed by atoms with Crippen molar-refractivity contribution in [1.82, 2.24) is 19.5 Å². The van der Waals surface area contributed by atoms with E-state index in [1.54, 1.807) is 4.57 Å². The fraction of sp³-hybridized carbons (Fsp3) is 0.421. The van der Waals surface area contributed by atoms with Crippen LogP contribution in [0.15, 0.2) is 47.8 Å². The number of hydrogen-bond acceptors (Lipinski definition) is 9. The molecule has 4 atom stereocenters. The van der Waals surface area contributed by atoms with Gasteiger partial charge in [-0.1, -0.05) is 30.3 Å². The number of imidazole rings is 1. The molecule has 1 aromatic carbocycles. The molecule has 12 heteroatoms. The van der Waals surface area contributed by atoms with E-state index in [0.29, 0.717) is 5.65 Å². The topological polar surface area (TPSA) is 135 Å². The Morgan fingerprint density at radius 2 is 2.10 bits per heavy atom. The molecule has 4 heterocycles. The second-order valence-corrected chi connectivity index (χ2v) is 9.23. The third-order valence-electron chi connectivity index (χ3n) is 5.40. The standard InChI is InChI=1S/C19H20N4O7S/c1-31(25,26)29-9-19-8-28-14(15(19)27-7-12-5-3-2-4-6-12)18(30-19)23-11-22-13-16(23)20-10-21-17(13)24/h2-6,10-11,14-15,18H,7-9H2,1H3,(H,20,21,24)/t14-,15+,18-,19-/m1/s1. The summed E-state index contributed by atoms with van der Waals surface area (Å²) in [5, 5.41) is 0. The van der Waals surface area contributed by atoms with E-state index in [9.17, 15) is 13.2 Å². The monoisotopic (exact) mass is 448 g/mol. The molecular formula is C19H20N4O7S. The van der Waals surface area contributed by atoms with Crippen LogP contribution in [0.5, 0.6) is 0 Å². The number of nitrogens with one attached hydrogen (secondary N) is 1. The van der Waals surface area contributed by atoms with E-state index in [0.717, 1.165) is 11.8 Å². The lowest BCUT2D eigenvalue weighted by Gasteiger charge is -2.31. The summed E-state index contributed by atoms with van der Waals surface area (Å²) in [6.45, 7) is 0.118. The van der Waals surface area contributed by atoms with Gasteiger partial charge in [-0.05, 0) is 5.56 Å². The van der Waals surface area contributed by atoms with Crippen LogP contribution in [-0.2, 0) is 35.1 Å². The van der Waals surface area contributed by atoms with E-state index < -0.39 is 34.2 Å². The van der Waals surface area contributed by atoms with Crippen molar-refractivity contribution in [3.63, 3.8) is 0 Å². The van der Waals surface area contributed by atoms with E-state index in [2.05, 4.69) is 15.0 Å². The van der Waals surface area contributed by atoms with Gasteiger partial charge < -0.3 is 19.2 Å². The molecule has 164 valence electrons. The van der Waals surface area contributed by atoms with Crippen LogP contribution in [0.2, 0.25) is 0 Å². The highest BCUT2D eigenvalue weighted by atomic mass is 32.2. The number of hydrogen-bond donors (Lipinski definition) is 1. The lowest BCUT2D eigenvalue weighted by atomic mass is 10.00. The molecule has 2 aliphatic heterocycles. The maximum atomic E-state index is 12.0. The number of aromatic nitrogens is 4. The summed E-state index contributed by atoms with van der Waals surface area (Å²) in [4.78, 5) is 22.8. The Morgan fingerprint density at radius 3 is 2.87 bits per heavy atom. The quantitative estimate of drug-likeness (QED) is 0.508. The van der Waals surface area contributed by atoms with E-state index in [1.165, 1.54) is 12.7 Å². The predicted octanol–water partition coefficient (Wildman–Crippen LogP) is 0.348. The largest absolute Gasteiger partial charge is 0.367 e. The first-order valence-corrected chi connectivity index (χ1v) is 11.4. The summed E-state index contributed by atoms with van der Waals surface area (Å²) in [6.07, 6.45) is 1.79. The zero-order chi connectivity index (χ0) is 21.6. The van der Waals surface area contributed by atoms with Crippen LogP contribution >= 0.6 is 0 Å². The molecule has 2 fully saturated rings. The molecule has 11 nitrogen and oxygen atoms in total. The third kappa shape index (κ3) is 3.66. The molecule has 0 unspecified atom stereocenters. The molecule has 2 aliphatic rings. The smallest absolute Gasteiger partial charge is 0.278 e. The molecule has 3 aromatic rings. The first-order chi connectivity index (χ1) is 14.9. The van der Waals surface area contributed by atoms with Gasteiger partial charge in [-0.3, -0.25) is 13.5 Å². The minimum atomic E-state index is -3.71. The number of rotatable bonds is 7. The van der Waals surface area contributed by atoms with Crippen LogP contribution in [0.4, 0.5) is 0 Å². The Kier molecular flexibility index (Phi) is 4.90. The van der Waals surface area contributed by atoms with Crippen LogP contribution in [0.25, 0.3) is 11.2 Å². The minimum absolute atomic E-state index is 0.101. The van der Waals surface area contributed by atoms with Crippen molar-refractivity contribution in [2.75, 3.05) is 19.5 Å². The van der Waals surface area contributed by atoms with Gasteiger partial charge in [-0.2, -0.15) is 8.42 Å². The molecule has 31 heavy (non-hydrogen) atoms. The fourth-order valence-corrected chi connectivity index (χ4v) is 4.40. The molecule has 2 aromatic heterocycles. The molecule has 0 saturated carbocycles. The molecule has 0 amide bonds. The van der Waals surface area contributed by atoms with Crippen LogP contribution in [0, 0.1) is 0 Å². The fourth-order valence-electron chi connectivity index (χ4n) is 3.98. The van der Waals surface area contributed by atoms with Crippen molar-refractivity contribution < 1.29 is 26.8 Å². The van der Waals surface area contributed by atoms with Gasteiger partial charge in [0.1, 0.15) is 24.4 Å². The van der Waals surface area contributed by atoms with E-state index in [1.807, 2.05) is 30.3 Å². The zero-order valence-electron chi connectivity index (χ0n) is 16.5. The summed E-state index contributed by atoms with van der Waals surface area (Å²) in [6, 6.07) is 9.57. The summed E-state index contributed by atoms with van der Waals surface area (Å²) < 4.78 is 48.3. The molecule has 2 bridgehead atoms. The highest BCUT2D eigenvalue weighted by Crippen LogP contribution is 2.47. The van der Waals surface area contributed by atoms with E-state index in [-0.39, 0.29) is 30.9 Å². The van der Waals surface area contributed by atoms with Crippen molar-refractivity contribution in [2.45, 2.75) is 30.6 Å². The lowest BCUT2D eigenvalue weighted by Crippen LogP contribution is -2.46. The minimum Gasteiger partial charge on any atom is -0.367 e. The summed E-state index contributed by atoms with van der Waals surface area (Å²) in [5.74, 6) is 0. The number of ether oxygens (including phenoxy) is 3. The van der Waals surface area contributed by atoms with Gasteiger partial charge in [0.05, 0.1) is 32.1 Å². The highest BCUT2D eigenvalue weighted by Gasteiger charge is 2.63. The molecular weight excluding hydrogens is 428 g/mol. The van der Waals surface area contributed by atoms with Gasteiger partial charge in [0.2, 0.25) is 0 Å². The third-order valence-corrected chi connectivity index (χ3v) is 5.95. The van der Waals surface area contributed by atoms with Crippen LogP contribution in [0.1, 0.15) is 11.8 Å². The van der Waals surface area contributed by atoms with Gasteiger partial charge in [0.25, 0.3) is 15.7 Å². The SMILES string of the molecule is CS(=O)(=O)OC[C@@]12CO[C@@H]([C@H](n3cnc4c(=O)[nH]cnc43)O1)[C@@H]2OCc1ccccc1. The number of aromatic amines is 1. The van der Waals surface area contributed by atoms with Crippen molar-refractivity contribution >= 4 is 21.3 Å². The Balaban J connectivity index is 1.47. The first-order valence-electron chi connectivity index (χ1n) is 9.56. The number of benzene rings is 1. The molecule has 1 N–H and O–H groups in total. The summed E-state index contributed by atoms with van der Waals surface area (Å²) in [5.41, 5.74) is -0.0843. The Labute approximate surface area is 177 Å². The van der Waals surface area contributed by atoms with Crippen molar-refractivity contribution in [3.05, 3.63) is 58.9 Å². The van der Waals surface area contributed by atoms with E-state index >= 15 is 0 Å². The number of fused-ring (bicyclic) bond motifs is 3. The van der Waals surface area contributed by atoms with Crippen LogP contribution in [-0.4, -0.2) is 65.2 Å². The average molecular weight is 448 g/mol. The Bertz CT molecular complexity index is 1260. The zero-order valence-corrected chi connectivity index (χ0v) is 17.3. The van der Waals surface area contributed by atoms with Gasteiger partial charge in [0.15, 0.2) is 17.4 Å². The predicted molar refractivity (Wildman–Crippen MR) is 107 cm³/mol. The maximum absolute atomic E-state index is 12.0. The molecule has 0 spiro atoms. The second kappa shape index (κ2) is 7.50. The van der Waals surface area contributed by atoms with Crippen molar-refractivity contribution in [2.24, 2.45) is 0 Å². The molecule has 2 saturated heterocycles. The molecule has 0 radical (unpaired) electrons. The van der Waals surface area contributed by atoms with Gasteiger partial charge in [-0.15, -0.1) is 0 Å². The van der Waals surface area contributed by atoms with Gasteiger partial charge in [0, 0.05) is 0 Å². The summed E-state index contributed by atoms with van der Waals surface area (Å²) >= 11 is 0. The van der Waals surface area contributed by atoms with Gasteiger partial charge in [-0.25, -0.2) is 9.97 Å². The van der Waals surface area contributed by atoms with Crippen molar-refractivity contribution in [1.29, 1.82) is 0 Å². The second-order valence-electron chi connectivity index (χ2n) is 7.59.